The van der Waals surface area contributed by atoms with Crippen molar-refractivity contribution >= 4 is 0 Å². The van der Waals surface area contributed by atoms with E-state index in [-0.39, 0.29) is 6.61 Å². The maximum atomic E-state index is 9.76. The van der Waals surface area contributed by atoms with E-state index in [1.807, 2.05) is 60.9 Å². The van der Waals surface area contributed by atoms with Crippen molar-refractivity contribution in [1.29, 1.82) is 0 Å². The van der Waals surface area contributed by atoms with Gasteiger partial charge in [0.15, 0.2) is 0 Å². The standard InChI is InChI=1S/C23H24N2O2/c1-23(2,27)14-13-18-9-11-20(12-10-18)22-21(19-7-4-3-5-8-19)24-17-25(22)15-6-16-26/h3-5,7-12,17,26-27H,6,15-16H2,1-2H3. The molecule has 1 heterocycles. The Morgan fingerprint density at radius 3 is 2.33 bits per heavy atom. The van der Waals surface area contributed by atoms with E-state index in [1.54, 1.807) is 13.8 Å². The number of aryl methyl sites for hydroxylation is 1. The van der Waals surface area contributed by atoms with Crippen LogP contribution in [0.25, 0.3) is 22.5 Å². The molecule has 3 aromatic rings. The zero-order valence-corrected chi connectivity index (χ0v) is 15.7. The molecule has 0 spiro atoms. The fourth-order valence-corrected chi connectivity index (χ4v) is 2.84. The molecule has 4 nitrogen and oxygen atoms in total. The molecule has 0 fully saturated rings. The van der Waals surface area contributed by atoms with E-state index < -0.39 is 5.60 Å². The number of aliphatic hydroxyl groups is 2. The van der Waals surface area contributed by atoms with Crippen molar-refractivity contribution in [2.75, 3.05) is 6.61 Å². The molecular formula is C23H24N2O2. The zero-order valence-electron chi connectivity index (χ0n) is 15.7. The lowest BCUT2D eigenvalue weighted by atomic mass is 10.0. The fraction of sp³-hybridized carbons (Fsp3) is 0.261. The Balaban J connectivity index is 2.01. The Hall–Kier alpha value is -2.87. The third-order valence-electron chi connectivity index (χ3n) is 4.11. The monoisotopic (exact) mass is 360 g/mol. The lowest BCUT2D eigenvalue weighted by molar-refractivity contribution is 0.143. The molecule has 3 rings (SSSR count). The lowest BCUT2D eigenvalue weighted by Gasteiger charge is -2.11. The second-order valence-electron chi connectivity index (χ2n) is 6.96. The molecule has 0 bridgehead atoms. The maximum absolute atomic E-state index is 9.76. The summed E-state index contributed by atoms with van der Waals surface area (Å²) in [6.45, 7) is 4.18. The Bertz CT molecular complexity index is 940. The van der Waals surface area contributed by atoms with E-state index in [0.29, 0.717) is 13.0 Å². The summed E-state index contributed by atoms with van der Waals surface area (Å²) < 4.78 is 2.08. The predicted octanol–water partition coefficient (Wildman–Crippen LogP) is 3.72. The van der Waals surface area contributed by atoms with Crippen LogP contribution in [0.4, 0.5) is 0 Å². The van der Waals surface area contributed by atoms with Crippen LogP contribution in [0.2, 0.25) is 0 Å². The SMILES string of the molecule is CC(C)(O)C#Cc1ccc(-c2c(-c3ccccc3)ncn2CCCO)cc1. The Morgan fingerprint density at radius 1 is 1.00 bits per heavy atom. The highest BCUT2D eigenvalue weighted by atomic mass is 16.3. The number of benzene rings is 2. The van der Waals surface area contributed by atoms with Crippen LogP contribution >= 0.6 is 0 Å². The van der Waals surface area contributed by atoms with Crippen molar-refractivity contribution in [2.45, 2.75) is 32.4 Å². The average Bonchev–Trinajstić information content (AvgIpc) is 3.09. The number of aromatic nitrogens is 2. The number of aliphatic hydroxyl groups excluding tert-OH is 1. The number of hydrogen-bond donors (Lipinski definition) is 2. The smallest absolute Gasteiger partial charge is 0.120 e. The van der Waals surface area contributed by atoms with Crippen LogP contribution in [0.3, 0.4) is 0 Å². The molecule has 0 unspecified atom stereocenters. The van der Waals surface area contributed by atoms with Gasteiger partial charge in [-0.2, -0.15) is 0 Å². The minimum atomic E-state index is -1.01. The summed E-state index contributed by atoms with van der Waals surface area (Å²) in [6.07, 6.45) is 2.50. The summed E-state index contributed by atoms with van der Waals surface area (Å²) in [5, 5.41) is 19.0. The van der Waals surface area contributed by atoms with Gasteiger partial charge in [0.05, 0.1) is 17.7 Å². The molecule has 0 saturated heterocycles. The minimum absolute atomic E-state index is 0.143. The van der Waals surface area contributed by atoms with Gasteiger partial charge in [0.1, 0.15) is 5.60 Å². The number of hydrogen-bond acceptors (Lipinski definition) is 3. The summed E-state index contributed by atoms with van der Waals surface area (Å²) in [4.78, 5) is 4.63. The van der Waals surface area contributed by atoms with Crippen molar-refractivity contribution in [3.63, 3.8) is 0 Å². The van der Waals surface area contributed by atoms with Crippen LogP contribution < -0.4 is 0 Å². The molecule has 0 radical (unpaired) electrons. The molecular weight excluding hydrogens is 336 g/mol. The van der Waals surface area contributed by atoms with Crippen molar-refractivity contribution in [3.8, 4) is 34.4 Å². The van der Waals surface area contributed by atoms with Crippen LogP contribution in [0, 0.1) is 11.8 Å². The fourth-order valence-electron chi connectivity index (χ4n) is 2.84. The Labute approximate surface area is 160 Å². The van der Waals surface area contributed by atoms with E-state index in [4.69, 9.17) is 0 Å². The van der Waals surface area contributed by atoms with Crippen molar-refractivity contribution < 1.29 is 10.2 Å². The minimum Gasteiger partial charge on any atom is -0.396 e. The van der Waals surface area contributed by atoms with E-state index in [9.17, 15) is 10.2 Å². The van der Waals surface area contributed by atoms with E-state index >= 15 is 0 Å². The maximum Gasteiger partial charge on any atom is 0.120 e. The first-order chi connectivity index (χ1) is 13.0. The van der Waals surface area contributed by atoms with Gasteiger partial charge < -0.3 is 14.8 Å². The third kappa shape index (κ3) is 4.85. The molecule has 0 saturated carbocycles. The van der Waals surface area contributed by atoms with Gasteiger partial charge in [-0.3, -0.25) is 0 Å². The Kier molecular flexibility index (Phi) is 5.75. The molecule has 27 heavy (non-hydrogen) atoms. The molecule has 1 aromatic heterocycles. The first-order valence-electron chi connectivity index (χ1n) is 9.05. The van der Waals surface area contributed by atoms with E-state index in [1.165, 1.54) is 0 Å². The topological polar surface area (TPSA) is 58.3 Å². The lowest BCUT2D eigenvalue weighted by Crippen LogP contribution is -2.14. The summed E-state index contributed by atoms with van der Waals surface area (Å²) in [7, 11) is 0. The number of nitrogens with zero attached hydrogens (tertiary/aromatic N) is 2. The van der Waals surface area contributed by atoms with E-state index in [0.717, 1.165) is 28.1 Å². The molecule has 0 aliphatic heterocycles. The highest BCUT2D eigenvalue weighted by molar-refractivity contribution is 5.78. The molecule has 4 heteroatoms. The molecule has 0 aliphatic carbocycles. The van der Waals surface area contributed by atoms with Crippen LogP contribution in [0.5, 0.6) is 0 Å². The Morgan fingerprint density at radius 2 is 1.70 bits per heavy atom. The van der Waals surface area contributed by atoms with Crippen molar-refractivity contribution in [1.82, 2.24) is 9.55 Å². The zero-order chi connectivity index (χ0) is 19.3. The van der Waals surface area contributed by atoms with Gasteiger partial charge in [0, 0.05) is 29.8 Å². The highest BCUT2D eigenvalue weighted by Gasteiger charge is 2.14. The van der Waals surface area contributed by atoms with Gasteiger partial charge >= 0.3 is 0 Å². The summed E-state index contributed by atoms with van der Waals surface area (Å²) in [5.74, 6) is 5.83. The van der Waals surface area contributed by atoms with Crippen LogP contribution in [-0.4, -0.2) is 32.0 Å². The summed E-state index contributed by atoms with van der Waals surface area (Å²) in [6, 6.07) is 18.0. The molecule has 0 atom stereocenters. The van der Waals surface area contributed by atoms with Gasteiger partial charge in [-0.25, -0.2) is 4.98 Å². The largest absolute Gasteiger partial charge is 0.396 e. The summed E-state index contributed by atoms with van der Waals surface area (Å²) >= 11 is 0. The van der Waals surface area contributed by atoms with Gasteiger partial charge in [-0.05, 0) is 32.4 Å². The first kappa shape index (κ1) is 18.9. The van der Waals surface area contributed by atoms with Crippen molar-refractivity contribution in [3.05, 3.63) is 66.5 Å². The molecule has 138 valence electrons. The molecule has 2 aromatic carbocycles. The number of rotatable bonds is 5. The van der Waals surface area contributed by atoms with Gasteiger partial charge in [0.25, 0.3) is 0 Å². The first-order valence-corrected chi connectivity index (χ1v) is 9.05. The van der Waals surface area contributed by atoms with Crippen LogP contribution in [-0.2, 0) is 6.54 Å². The number of imidazole rings is 1. The third-order valence-corrected chi connectivity index (χ3v) is 4.11. The highest BCUT2D eigenvalue weighted by Crippen LogP contribution is 2.31. The normalized spacial score (nSPS) is 11.1. The molecule has 2 N–H and O–H groups in total. The van der Waals surface area contributed by atoms with Crippen molar-refractivity contribution in [2.24, 2.45) is 0 Å². The van der Waals surface area contributed by atoms with Gasteiger partial charge in [-0.1, -0.05) is 54.3 Å². The molecule has 0 amide bonds. The molecule has 0 aliphatic rings. The van der Waals surface area contributed by atoms with Gasteiger partial charge in [-0.15, -0.1) is 0 Å². The summed E-state index contributed by atoms with van der Waals surface area (Å²) in [5.41, 5.74) is 3.88. The second-order valence-corrected chi connectivity index (χ2v) is 6.96. The van der Waals surface area contributed by atoms with Crippen LogP contribution in [0.15, 0.2) is 60.9 Å². The van der Waals surface area contributed by atoms with Gasteiger partial charge in [0.2, 0.25) is 0 Å². The second kappa shape index (κ2) is 8.22. The van der Waals surface area contributed by atoms with Crippen LogP contribution in [0.1, 0.15) is 25.8 Å². The van der Waals surface area contributed by atoms with E-state index in [2.05, 4.69) is 21.4 Å². The predicted molar refractivity (Wildman–Crippen MR) is 108 cm³/mol. The quantitative estimate of drug-likeness (QED) is 0.682. The average molecular weight is 360 g/mol.